The van der Waals surface area contributed by atoms with Gasteiger partial charge in [-0.1, -0.05) is 35.9 Å². The summed E-state index contributed by atoms with van der Waals surface area (Å²) in [5.74, 6) is 0.192. The van der Waals surface area contributed by atoms with Gasteiger partial charge in [-0.05, 0) is 29.8 Å². The lowest BCUT2D eigenvalue weighted by Gasteiger charge is -2.14. The zero-order valence-electron chi connectivity index (χ0n) is 10.0. The van der Waals surface area contributed by atoms with E-state index >= 15 is 0 Å². The summed E-state index contributed by atoms with van der Waals surface area (Å²) in [6.07, 6.45) is -0.419. The van der Waals surface area contributed by atoms with Crippen LogP contribution in [-0.4, -0.2) is 12.6 Å². The first-order valence-electron chi connectivity index (χ1n) is 5.92. The summed E-state index contributed by atoms with van der Waals surface area (Å²) in [5.41, 5.74) is 1.32. The van der Waals surface area contributed by atoms with Crippen LogP contribution in [0.1, 0.15) is 22.0 Å². The summed E-state index contributed by atoms with van der Waals surface area (Å²) < 4.78 is 11.1. The first-order valence-corrected chi connectivity index (χ1v) is 6.30. The summed E-state index contributed by atoms with van der Waals surface area (Å²) in [4.78, 5) is 12.0. The number of fused-ring (bicyclic) bond motifs is 1. The number of rotatable bonds is 1. The lowest BCUT2D eigenvalue weighted by atomic mass is 10.1. The number of ether oxygens (including phenoxy) is 2. The summed E-state index contributed by atoms with van der Waals surface area (Å²) in [6.45, 7) is 0.296. The van der Waals surface area contributed by atoms with Gasteiger partial charge in [0, 0.05) is 5.02 Å². The molecule has 0 radical (unpaired) electrons. The highest BCUT2D eigenvalue weighted by Crippen LogP contribution is 2.29. The second-order valence-corrected chi connectivity index (χ2v) is 4.69. The Morgan fingerprint density at radius 1 is 1.05 bits per heavy atom. The van der Waals surface area contributed by atoms with Crippen molar-refractivity contribution < 1.29 is 14.3 Å². The summed E-state index contributed by atoms with van der Waals surface area (Å²) in [5, 5.41) is 0.646. The van der Waals surface area contributed by atoms with E-state index in [9.17, 15) is 4.79 Å². The molecule has 0 aromatic heterocycles. The van der Waals surface area contributed by atoms with Gasteiger partial charge in [-0.25, -0.2) is 4.79 Å². The fraction of sp³-hybridized carbons (Fsp3) is 0.133. The smallest absolute Gasteiger partial charge is 0.342 e. The number of carbonyl (C=O) groups is 1. The van der Waals surface area contributed by atoms with E-state index in [2.05, 4.69) is 0 Å². The van der Waals surface area contributed by atoms with Crippen LogP contribution in [0.3, 0.4) is 0 Å². The molecule has 2 aromatic carbocycles. The van der Waals surface area contributed by atoms with E-state index in [4.69, 9.17) is 21.1 Å². The average molecular weight is 275 g/mol. The number of halogens is 1. The molecule has 0 spiro atoms. The van der Waals surface area contributed by atoms with E-state index in [-0.39, 0.29) is 5.97 Å². The molecule has 1 unspecified atom stereocenters. The Morgan fingerprint density at radius 2 is 1.79 bits per heavy atom. The first kappa shape index (κ1) is 12.1. The molecule has 96 valence electrons. The quantitative estimate of drug-likeness (QED) is 0.745. The first-order chi connectivity index (χ1) is 9.24. The van der Waals surface area contributed by atoms with Crippen molar-refractivity contribution in [3.05, 3.63) is 64.7 Å². The molecule has 3 rings (SSSR count). The minimum atomic E-state index is -0.419. The molecule has 0 amide bonds. The number of para-hydroxylation sites is 1. The van der Waals surface area contributed by atoms with Crippen LogP contribution in [0.4, 0.5) is 0 Å². The maximum absolute atomic E-state index is 12.0. The van der Waals surface area contributed by atoms with Gasteiger partial charge in [-0.3, -0.25) is 0 Å². The highest BCUT2D eigenvalue weighted by Gasteiger charge is 2.25. The Morgan fingerprint density at radius 3 is 2.58 bits per heavy atom. The van der Waals surface area contributed by atoms with Crippen molar-refractivity contribution in [1.29, 1.82) is 0 Å². The second kappa shape index (κ2) is 4.94. The monoisotopic (exact) mass is 274 g/mol. The van der Waals surface area contributed by atoms with Gasteiger partial charge in [0.05, 0.1) is 0 Å². The van der Waals surface area contributed by atoms with Gasteiger partial charge in [-0.15, -0.1) is 0 Å². The zero-order chi connectivity index (χ0) is 13.2. The van der Waals surface area contributed by atoms with Crippen LogP contribution in [0.25, 0.3) is 0 Å². The fourth-order valence-electron chi connectivity index (χ4n) is 2.00. The molecule has 19 heavy (non-hydrogen) atoms. The zero-order valence-corrected chi connectivity index (χ0v) is 10.8. The third kappa shape index (κ3) is 2.42. The van der Waals surface area contributed by atoms with Crippen LogP contribution in [0.15, 0.2) is 48.5 Å². The predicted octanol–water partition coefficient (Wildman–Crippen LogP) is 3.63. The SMILES string of the molecule is O=C1OC(c2ccc(Cl)cc2)COc2ccccc21. The fourth-order valence-corrected chi connectivity index (χ4v) is 2.12. The molecule has 0 bridgehead atoms. The van der Waals surface area contributed by atoms with Gasteiger partial charge in [0.15, 0.2) is 6.10 Å². The third-order valence-electron chi connectivity index (χ3n) is 2.99. The Labute approximate surface area is 115 Å². The van der Waals surface area contributed by atoms with Crippen molar-refractivity contribution in [2.75, 3.05) is 6.61 Å². The molecule has 0 saturated carbocycles. The second-order valence-electron chi connectivity index (χ2n) is 4.25. The van der Waals surface area contributed by atoms with E-state index in [0.717, 1.165) is 5.56 Å². The van der Waals surface area contributed by atoms with E-state index in [1.165, 1.54) is 0 Å². The number of esters is 1. The van der Waals surface area contributed by atoms with E-state index in [0.29, 0.717) is 22.9 Å². The normalized spacial score (nSPS) is 17.9. The molecule has 0 fully saturated rings. The highest BCUT2D eigenvalue weighted by atomic mass is 35.5. The Balaban J connectivity index is 1.89. The Kier molecular flexibility index (Phi) is 3.13. The molecular formula is C15H11ClO3. The van der Waals surface area contributed by atoms with Gasteiger partial charge >= 0.3 is 5.97 Å². The number of hydrogen-bond acceptors (Lipinski definition) is 3. The molecule has 2 aromatic rings. The third-order valence-corrected chi connectivity index (χ3v) is 3.24. The molecule has 0 aliphatic carbocycles. The molecule has 0 N–H and O–H groups in total. The van der Waals surface area contributed by atoms with Crippen molar-refractivity contribution in [1.82, 2.24) is 0 Å². The van der Waals surface area contributed by atoms with Crippen LogP contribution >= 0.6 is 11.6 Å². The standard InChI is InChI=1S/C15H11ClO3/c16-11-7-5-10(6-8-11)14-9-18-13-4-2-1-3-12(13)15(17)19-14/h1-8,14H,9H2. The van der Waals surface area contributed by atoms with Crippen LogP contribution in [0.2, 0.25) is 5.02 Å². The summed E-state index contributed by atoms with van der Waals surface area (Å²) in [6, 6.07) is 14.3. The van der Waals surface area contributed by atoms with Gasteiger partial charge in [0.1, 0.15) is 17.9 Å². The van der Waals surface area contributed by atoms with Crippen molar-refractivity contribution in [3.63, 3.8) is 0 Å². The summed E-state index contributed by atoms with van der Waals surface area (Å²) in [7, 11) is 0. The van der Waals surface area contributed by atoms with Gasteiger partial charge in [0.2, 0.25) is 0 Å². The van der Waals surface area contributed by atoms with Crippen LogP contribution in [0.5, 0.6) is 5.75 Å². The van der Waals surface area contributed by atoms with Gasteiger partial charge in [0.25, 0.3) is 0 Å². The molecular weight excluding hydrogens is 264 g/mol. The van der Waals surface area contributed by atoms with E-state index < -0.39 is 6.10 Å². The largest absolute Gasteiger partial charge is 0.488 e. The van der Waals surface area contributed by atoms with Crippen LogP contribution in [0, 0.1) is 0 Å². The number of cyclic esters (lactones) is 1. The molecule has 1 heterocycles. The number of hydrogen-bond donors (Lipinski definition) is 0. The van der Waals surface area contributed by atoms with Gasteiger partial charge < -0.3 is 9.47 Å². The van der Waals surface area contributed by atoms with Crippen LogP contribution in [-0.2, 0) is 4.74 Å². The lowest BCUT2D eigenvalue weighted by molar-refractivity contribution is 0.0231. The number of benzene rings is 2. The minimum absolute atomic E-state index is 0.296. The van der Waals surface area contributed by atoms with Crippen molar-refractivity contribution in [2.45, 2.75) is 6.10 Å². The summed E-state index contributed by atoms with van der Waals surface area (Å²) >= 11 is 5.85. The van der Waals surface area contributed by atoms with Crippen molar-refractivity contribution in [3.8, 4) is 5.75 Å². The molecule has 1 atom stereocenters. The predicted molar refractivity (Wildman–Crippen MR) is 71.5 cm³/mol. The highest BCUT2D eigenvalue weighted by molar-refractivity contribution is 6.30. The Hall–Kier alpha value is -2.00. The van der Waals surface area contributed by atoms with Gasteiger partial charge in [-0.2, -0.15) is 0 Å². The van der Waals surface area contributed by atoms with E-state index in [1.807, 2.05) is 18.2 Å². The van der Waals surface area contributed by atoms with E-state index in [1.54, 1.807) is 30.3 Å². The average Bonchev–Trinajstić information content (AvgIpc) is 2.60. The molecule has 1 aliphatic heterocycles. The number of carbonyl (C=O) groups excluding carboxylic acids is 1. The van der Waals surface area contributed by atoms with Crippen molar-refractivity contribution in [2.24, 2.45) is 0 Å². The maximum Gasteiger partial charge on any atom is 0.342 e. The van der Waals surface area contributed by atoms with Crippen molar-refractivity contribution >= 4 is 17.6 Å². The molecule has 1 aliphatic rings. The molecule has 0 saturated heterocycles. The topological polar surface area (TPSA) is 35.5 Å². The van der Waals surface area contributed by atoms with Crippen LogP contribution < -0.4 is 4.74 Å². The maximum atomic E-state index is 12.0. The Bertz CT molecular complexity index is 607. The lowest BCUT2D eigenvalue weighted by Crippen LogP contribution is -2.13. The minimum Gasteiger partial charge on any atom is -0.488 e. The molecule has 3 nitrogen and oxygen atoms in total. The molecule has 4 heteroatoms.